The van der Waals surface area contributed by atoms with E-state index in [1.165, 1.54) is 0 Å². The number of aliphatic hydroxyl groups excluding tert-OH is 1. The number of rotatable bonds is 31. The van der Waals surface area contributed by atoms with Gasteiger partial charge in [-0.05, 0) is 77.0 Å². The SMILES string of the molecule is CC/C=C\C/C=C\C/C=C\C/C=C\C/C=C\C/C=C\C/C=C\CCCC(=O)NC(COP(=O)(O)OCCN)C(O)/C=C/CC/C=C/CCC. The molecule has 0 aromatic heterocycles. The molecule has 49 heavy (non-hydrogen) atoms. The van der Waals surface area contributed by atoms with Crippen molar-refractivity contribution in [1.82, 2.24) is 5.32 Å². The van der Waals surface area contributed by atoms with Crippen molar-refractivity contribution in [3.8, 4) is 0 Å². The summed E-state index contributed by atoms with van der Waals surface area (Å²) in [6.07, 6.45) is 48.9. The minimum Gasteiger partial charge on any atom is -0.387 e. The van der Waals surface area contributed by atoms with Gasteiger partial charge in [0.1, 0.15) is 0 Å². The van der Waals surface area contributed by atoms with E-state index >= 15 is 0 Å². The van der Waals surface area contributed by atoms with Crippen LogP contribution in [0, 0.1) is 0 Å². The van der Waals surface area contributed by atoms with Gasteiger partial charge in [-0.1, -0.05) is 130 Å². The van der Waals surface area contributed by atoms with E-state index < -0.39 is 26.6 Å². The van der Waals surface area contributed by atoms with Crippen LogP contribution in [0.5, 0.6) is 0 Å². The first-order valence-electron chi connectivity index (χ1n) is 18.0. The summed E-state index contributed by atoms with van der Waals surface area (Å²) in [7, 11) is -4.36. The van der Waals surface area contributed by atoms with Gasteiger partial charge in [0.2, 0.25) is 5.91 Å². The van der Waals surface area contributed by atoms with Crippen LogP contribution >= 0.6 is 7.82 Å². The van der Waals surface area contributed by atoms with Gasteiger partial charge in [0.15, 0.2) is 0 Å². The molecule has 0 aliphatic rings. The van der Waals surface area contributed by atoms with Crippen molar-refractivity contribution in [3.63, 3.8) is 0 Å². The van der Waals surface area contributed by atoms with Gasteiger partial charge in [-0.3, -0.25) is 13.8 Å². The lowest BCUT2D eigenvalue weighted by Gasteiger charge is -2.23. The normalized spacial score (nSPS) is 15.6. The number of amides is 1. The minimum atomic E-state index is -4.36. The van der Waals surface area contributed by atoms with Crippen LogP contribution in [-0.4, -0.2) is 47.8 Å². The fraction of sp³-hybridized carbons (Fsp3) is 0.525. The maximum atomic E-state index is 12.6. The number of carbonyl (C=O) groups excluding carboxylic acids is 1. The van der Waals surface area contributed by atoms with Crippen LogP contribution in [-0.2, 0) is 18.4 Å². The zero-order valence-electron chi connectivity index (χ0n) is 30.1. The van der Waals surface area contributed by atoms with E-state index in [2.05, 4.69) is 116 Å². The summed E-state index contributed by atoms with van der Waals surface area (Å²) in [5.74, 6) is -0.274. The molecule has 5 N–H and O–H groups in total. The van der Waals surface area contributed by atoms with Gasteiger partial charge in [-0.15, -0.1) is 0 Å². The van der Waals surface area contributed by atoms with Crippen LogP contribution in [0.4, 0.5) is 0 Å². The molecule has 3 unspecified atom stereocenters. The number of unbranched alkanes of at least 4 members (excludes halogenated alkanes) is 3. The predicted octanol–water partition coefficient (Wildman–Crippen LogP) is 9.43. The molecule has 0 radical (unpaired) electrons. The molecule has 0 aromatic rings. The molecule has 0 heterocycles. The zero-order valence-corrected chi connectivity index (χ0v) is 31.0. The van der Waals surface area contributed by atoms with Gasteiger partial charge in [0, 0.05) is 13.0 Å². The molecule has 0 aliphatic heterocycles. The number of carbonyl (C=O) groups is 1. The van der Waals surface area contributed by atoms with Crippen LogP contribution in [0.15, 0.2) is 109 Å². The molecule has 276 valence electrons. The van der Waals surface area contributed by atoms with Crippen molar-refractivity contribution in [2.75, 3.05) is 19.8 Å². The second-order valence-corrected chi connectivity index (χ2v) is 12.8. The average Bonchev–Trinajstić information content (AvgIpc) is 3.09. The Bertz CT molecular complexity index is 1120. The van der Waals surface area contributed by atoms with Crippen LogP contribution < -0.4 is 11.1 Å². The number of phosphoric acid groups is 1. The van der Waals surface area contributed by atoms with Crippen molar-refractivity contribution in [2.45, 2.75) is 116 Å². The number of hydrogen-bond donors (Lipinski definition) is 4. The number of allylic oxidation sites excluding steroid dienone is 17. The summed E-state index contributed by atoms with van der Waals surface area (Å²) >= 11 is 0. The monoisotopic (exact) mass is 700 g/mol. The molecule has 0 saturated heterocycles. The van der Waals surface area contributed by atoms with E-state index in [9.17, 15) is 19.4 Å². The molecule has 0 fully saturated rings. The Morgan fingerprint density at radius 3 is 1.67 bits per heavy atom. The van der Waals surface area contributed by atoms with E-state index in [1.54, 1.807) is 6.08 Å². The van der Waals surface area contributed by atoms with Gasteiger partial charge >= 0.3 is 7.82 Å². The standard InChI is InChI=1S/C40H65N2O6P/c1-3-5-7-9-11-12-13-14-15-16-17-18-19-20-21-22-23-24-25-26-28-30-32-34-40(44)42-38(37-48-49(45,46)47-36-35-41)39(43)33-31-29-27-10-8-6-4-2/h5,7-8,10-12,14-15,17-18,20-21,23-24,26,28,31,33,38-39,43H,3-4,6,9,13,16,19,22,25,27,29-30,32,34-37,41H2,1-2H3,(H,42,44)(H,45,46)/b7-5-,10-8+,12-11-,15-14-,18-17-,21-20-,24-23-,28-26-,33-31+. The Morgan fingerprint density at radius 2 is 1.16 bits per heavy atom. The topological polar surface area (TPSA) is 131 Å². The predicted molar refractivity (Wildman–Crippen MR) is 207 cm³/mol. The van der Waals surface area contributed by atoms with Crippen molar-refractivity contribution in [2.24, 2.45) is 5.73 Å². The average molecular weight is 701 g/mol. The fourth-order valence-corrected chi connectivity index (χ4v) is 4.90. The molecule has 0 rings (SSSR count). The molecule has 8 nitrogen and oxygen atoms in total. The molecule has 0 aliphatic carbocycles. The molecule has 0 bridgehead atoms. The van der Waals surface area contributed by atoms with E-state index in [0.717, 1.165) is 77.0 Å². The van der Waals surface area contributed by atoms with Gasteiger partial charge in [-0.2, -0.15) is 0 Å². The first-order valence-corrected chi connectivity index (χ1v) is 19.5. The highest BCUT2D eigenvalue weighted by atomic mass is 31.2. The Morgan fingerprint density at radius 1 is 0.694 bits per heavy atom. The van der Waals surface area contributed by atoms with Gasteiger partial charge < -0.3 is 21.1 Å². The van der Waals surface area contributed by atoms with Crippen molar-refractivity contribution in [3.05, 3.63) is 109 Å². The van der Waals surface area contributed by atoms with Crippen LogP contribution in [0.3, 0.4) is 0 Å². The summed E-state index contributed by atoms with van der Waals surface area (Å²) in [5, 5.41) is 13.4. The first-order chi connectivity index (χ1) is 23.9. The summed E-state index contributed by atoms with van der Waals surface area (Å²) in [6.45, 7) is 3.79. The second kappa shape index (κ2) is 35.0. The Kier molecular flexibility index (Phi) is 33.0. The molecule has 1 amide bonds. The van der Waals surface area contributed by atoms with E-state index in [0.29, 0.717) is 6.42 Å². The summed E-state index contributed by atoms with van der Waals surface area (Å²) in [5.41, 5.74) is 5.32. The van der Waals surface area contributed by atoms with Crippen molar-refractivity contribution in [1.29, 1.82) is 0 Å². The number of nitrogens with two attached hydrogens (primary N) is 1. The smallest absolute Gasteiger partial charge is 0.387 e. The fourth-order valence-electron chi connectivity index (χ4n) is 4.14. The molecular weight excluding hydrogens is 635 g/mol. The third-order valence-electron chi connectivity index (χ3n) is 6.81. The van der Waals surface area contributed by atoms with Crippen LogP contribution in [0.2, 0.25) is 0 Å². The molecule has 0 aromatic carbocycles. The van der Waals surface area contributed by atoms with Crippen LogP contribution in [0.25, 0.3) is 0 Å². The zero-order chi connectivity index (χ0) is 36.1. The molecular formula is C40H65N2O6P. The summed E-state index contributed by atoms with van der Waals surface area (Å²) in [6, 6.07) is -0.912. The highest BCUT2D eigenvalue weighted by Crippen LogP contribution is 2.43. The highest BCUT2D eigenvalue weighted by molar-refractivity contribution is 7.47. The Balaban J connectivity index is 4.35. The lowest BCUT2D eigenvalue weighted by atomic mass is 10.1. The summed E-state index contributed by atoms with van der Waals surface area (Å²) < 4.78 is 21.9. The van der Waals surface area contributed by atoms with Crippen LogP contribution in [0.1, 0.15) is 104 Å². The largest absolute Gasteiger partial charge is 0.472 e. The van der Waals surface area contributed by atoms with Crippen molar-refractivity contribution < 1.29 is 28.4 Å². The van der Waals surface area contributed by atoms with E-state index in [4.69, 9.17) is 14.8 Å². The van der Waals surface area contributed by atoms with Gasteiger partial charge in [-0.25, -0.2) is 4.57 Å². The molecule has 9 heteroatoms. The maximum absolute atomic E-state index is 12.6. The molecule has 0 spiro atoms. The van der Waals surface area contributed by atoms with E-state index in [-0.39, 0.29) is 25.5 Å². The second-order valence-electron chi connectivity index (χ2n) is 11.3. The molecule has 3 atom stereocenters. The maximum Gasteiger partial charge on any atom is 0.472 e. The van der Waals surface area contributed by atoms with Crippen molar-refractivity contribution >= 4 is 13.7 Å². The van der Waals surface area contributed by atoms with E-state index in [1.807, 2.05) is 6.08 Å². The Labute approximate surface area is 297 Å². The highest BCUT2D eigenvalue weighted by Gasteiger charge is 2.26. The third-order valence-corrected chi connectivity index (χ3v) is 7.80. The number of hydrogen-bond acceptors (Lipinski definition) is 6. The first kappa shape index (κ1) is 46.2. The summed E-state index contributed by atoms with van der Waals surface area (Å²) in [4.78, 5) is 22.4. The molecule has 0 saturated carbocycles. The lowest BCUT2D eigenvalue weighted by Crippen LogP contribution is -2.45. The van der Waals surface area contributed by atoms with Gasteiger partial charge in [0.25, 0.3) is 0 Å². The van der Waals surface area contributed by atoms with Gasteiger partial charge in [0.05, 0.1) is 25.4 Å². The lowest BCUT2D eigenvalue weighted by molar-refractivity contribution is -0.122. The number of nitrogens with one attached hydrogen (secondary N) is 1. The number of aliphatic hydroxyl groups is 1. The third kappa shape index (κ3) is 33.4. The number of phosphoric ester groups is 1. The minimum absolute atomic E-state index is 0.0575. The quantitative estimate of drug-likeness (QED) is 0.0322. The Hall–Kier alpha value is -2.84.